The van der Waals surface area contributed by atoms with Gasteiger partial charge in [0.1, 0.15) is 0 Å². The quantitative estimate of drug-likeness (QED) is 0.797. The average molecular weight is 269 g/mol. The Morgan fingerprint density at radius 1 is 1.00 bits per heavy atom. The Hall–Kier alpha value is -1.77. The largest absolute Gasteiger partial charge is 0.397 e. The van der Waals surface area contributed by atoms with Crippen molar-refractivity contribution in [3.8, 4) is 0 Å². The number of nitrogens with zero attached hydrogens (tertiary/aromatic N) is 1. The zero-order chi connectivity index (χ0) is 13.8. The van der Waals surface area contributed by atoms with Crippen LogP contribution in [0.2, 0.25) is 0 Å². The molecule has 0 radical (unpaired) electrons. The predicted octanol–water partition coefficient (Wildman–Crippen LogP) is 4.34. The lowest BCUT2D eigenvalue weighted by atomic mass is 9.96. The van der Waals surface area contributed by atoms with Gasteiger partial charge in [0.2, 0.25) is 0 Å². The van der Waals surface area contributed by atoms with Crippen LogP contribution >= 0.6 is 0 Å². The van der Waals surface area contributed by atoms with Gasteiger partial charge in [-0.1, -0.05) is 32.1 Å². The molecule has 106 valence electrons. The fraction of sp³-hybridized carbons (Fsp3) is 0.471. The third-order valence-electron chi connectivity index (χ3n) is 4.29. The maximum atomic E-state index is 6.30. The highest BCUT2D eigenvalue weighted by Crippen LogP contribution is 2.29. The standard InChI is InChI=1S/C17H23N3/c18-17-14-9-6-12-19-15(14)10-11-16(17)20-13-7-4-2-1-3-5-8-13/h6,9-13,20H,1-5,7-8,18H2. The highest BCUT2D eigenvalue weighted by Gasteiger charge is 2.13. The number of rotatable bonds is 2. The van der Waals surface area contributed by atoms with Crippen molar-refractivity contribution in [3.63, 3.8) is 0 Å². The van der Waals surface area contributed by atoms with Gasteiger partial charge in [-0.25, -0.2) is 0 Å². The lowest BCUT2D eigenvalue weighted by Crippen LogP contribution is -2.21. The van der Waals surface area contributed by atoms with Crippen molar-refractivity contribution in [2.24, 2.45) is 0 Å². The van der Waals surface area contributed by atoms with E-state index in [-0.39, 0.29) is 0 Å². The van der Waals surface area contributed by atoms with Crippen molar-refractivity contribution in [1.82, 2.24) is 4.98 Å². The van der Waals surface area contributed by atoms with Crippen molar-refractivity contribution >= 4 is 22.3 Å². The van der Waals surface area contributed by atoms with E-state index in [9.17, 15) is 0 Å². The van der Waals surface area contributed by atoms with E-state index in [1.54, 1.807) is 0 Å². The smallest absolute Gasteiger partial charge is 0.0724 e. The number of anilines is 2. The summed E-state index contributed by atoms with van der Waals surface area (Å²) in [5, 5.41) is 4.70. The number of hydrogen-bond acceptors (Lipinski definition) is 3. The van der Waals surface area contributed by atoms with Gasteiger partial charge in [0.15, 0.2) is 0 Å². The topological polar surface area (TPSA) is 50.9 Å². The summed E-state index contributed by atoms with van der Waals surface area (Å²) >= 11 is 0. The van der Waals surface area contributed by atoms with Gasteiger partial charge in [0, 0.05) is 17.6 Å². The van der Waals surface area contributed by atoms with E-state index in [1.807, 2.05) is 18.3 Å². The van der Waals surface area contributed by atoms with Gasteiger partial charge in [0.25, 0.3) is 0 Å². The molecule has 3 heteroatoms. The summed E-state index contributed by atoms with van der Waals surface area (Å²) < 4.78 is 0. The maximum absolute atomic E-state index is 6.30. The summed E-state index contributed by atoms with van der Waals surface area (Å²) in [6.07, 6.45) is 11.1. The molecular weight excluding hydrogens is 246 g/mol. The normalized spacial score (nSPS) is 17.6. The molecule has 2 aromatic rings. The first-order valence-corrected chi connectivity index (χ1v) is 7.74. The molecule has 0 unspecified atom stereocenters. The molecule has 0 aliphatic heterocycles. The van der Waals surface area contributed by atoms with Crippen molar-refractivity contribution in [2.75, 3.05) is 11.1 Å². The summed E-state index contributed by atoms with van der Waals surface area (Å²) in [5.41, 5.74) is 9.17. The highest BCUT2D eigenvalue weighted by atomic mass is 14.9. The molecule has 1 aromatic heterocycles. The molecule has 1 fully saturated rings. The van der Waals surface area contributed by atoms with Gasteiger partial charge < -0.3 is 11.1 Å². The van der Waals surface area contributed by atoms with Crippen LogP contribution in [-0.4, -0.2) is 11.0 Å². The molecule has 0 saturated heterocycles. The SMILES string of the molecule is Nc1c(NC2CCCCCCC2)ccc2ncccc12. The summed E-state index contributed by atoms with van der Waals surface area (Å²) in [5.74, 6) is 0. The Labute approximate surface area is 120 Å². The molecule has 0 bridgehead atoms. The number of nitrogens with two attached hydrogens (primary N) is 1. The summed E-state index contributed by atoms with van der Waals surface area (Å²) in [6, 6.07) is 8.67. The van der Waals surface area contributed by atoms with Crippen LogP contribution < -0.4 is 11.1 Å². The molecule has 0 amide bonds. The fourth-order valence-corrected chi connectivity index (χ4v) is 3.12. The van der Waals surface area contributed by atoms with Crippen LogP contribution in [-0.2, 0) is 0 Å². The number of hydrogen-bond donors (Lipinski definition) is 2. The first-order chi connectivity index (χ1) is 9.84. The Morgan fingerprint density at radius 3 is 2.55 bits per heavy atom. The van der Waals surface area contributed by atoms with Crippen molar-refractivity contribution < 1.29 is 0 Å². The molecule has 1 aliphatic carbocycles. The maximum Gasteiger partial charge on any atom is 0.0724 e. The first kappa shape index (κ1) is 13.2. The first-order valence-electron chi connectivity index (χ1n) is 7.74. The number of benzene rings is 1. The number of nitrogen functional groups attached to an aromatic ring is 1. The molecule has 1 aromatic carbocycles. The van der Waals surface area contributed by atoms with Crippen LogP contribution in [0.3, 0.4) is 0 Å². The lowest BCUT2D eigenvalue weighted by Gasteiger charge is -2.23. The van der Waals surface area contributed by atoms with Gasteiger partial charge in [-0.3, -0.25) is 4.98 Å². The molecule has 1 aliphatic rings. The zero-order valence-corrected chi connectivity index (χ0v) is 11.9. The molecule has 0 atom stereocenters. The second-order valence-corrected chi connectivity index (χ2v) is 5.78. The van der Waals surface area contributed by atoms with Gasteiger partial charge in [-0.15, -0.1) is 0 Å². The Kier molecular flexibility index (Phi) is 4.05. The second kappa shape index (κ2) is 6.12. The van der Waals surface area contributed by atoms with Crippen LogP contribution in [0.5, 0.6) is 0 Å². The lowest BCUT2D eigenvalue weighted by molar-refractivity contribution is 0.471. The zero-order valence-electron chi connectivity index (χ0n) is 11.9. The van der Waals surface area contributed by atoms with E-state index < -0.39 is 0 Å². The minimum atomic E-state index is 0.562. The summed E-state index contributed by atoms with van der Waals surface area (Å²) in [7, 11) is 0. The van der Waals surface area contributed by atoms with E-state index >= 15 is 0 Å². The Morgan fingerprint density at radius 2 is 1.75 bits per heavy atom. The van der Waals surface area contributed by atoms with E-state index in [2.05, 4.69) is 22.4 Å². The van der Waals surface area contributed by atoms with E-state index in [0.717, 1.165) is 22.3 Å². The van der Waals surface area contributed by atoms with Crippen LogP contribution in [0.25, 0.3) is 10.9 Å². The Balaban J connectivity index is 1.81. The summed E-state index contributed by atoms with van der Waals surface area (Å²) in [6.45, 7) is 0. The third-order valence-corrected chi connectivity index (χ3v) is 4.29. The minimum absolute atomic E-state index is 0.562. The highest BCUT2D eigenvalue weighted by molar-refractivity contribution is 5.96. The monoisotopic (exact) mass is 269 g/mol. The van der Waals surface area contributed by atoms with E-state index in [1.165, 1.54) is 44.9 Å². The van der Waals surface area contributed by atoms with Gasteiger partial charge in [-0.05, 0) is 37.1 Å². The molecule has 1 heterocycles. The van der Waals surface area contributed by atoms with Crippen LogP contribution in [0.1, 0.15) is 44.9 Å². The second-order valence-electron chi connectivity index (χ2n) is 5.78. The molecule has 3 nitrogen and oxygen atoms in total. The minimum Gasteiger partial charge on any atom is -0.397 e. The summed E-state index contributed by atoms with van der Waals surface area (Å²) in [4.78, 5) is 4.35. The van der Waals surface area contributed by atoms with Crippen LogP contribution in [0.4, 0.5) is 11.4 Å². The number of nitrogens with one attached hydrogen (secondary N) is 1. The third kappa shape index (κ3) is 2.87. The molecule has 3 rings (SSSR count). The molecular formula is C17H23N3. The number of pyridine rings is 1. The average Bonchev–Trinajstić information content (AvgIpc) is 2.44. The van der Waals surface area contributed by atoms with Gasteiger partial charge >= 0.3 is 0 Å². The van der Waals surface area contributed by atoms with E-state index in [4.69, 9.17) is 5.73 Å². The van der Waals surface area contributed by atoms with Crippen molar-refractivity contribution in [1.29, 1.82) is 0 Å². The van der Waals surface area contributed by atoms with Crippen LogP contribution in [0.15, 0.2) is 30.5 Å². The number of fused-ring (bicyclic) bond motifs is 1. The molecule has 0 spiro atoms. The van der Waals surface area contributed by atoms with Crippen molar-refractivity contribution in [3.05, 3.63) is 30.5 Å². The van der Waals surface area contributed by atoms with Gasteiger partial charge in [0.05, 0.1) is 16.9 Å². The van der Waals surface area contributed by atoms with E-state index in [0.29, 0.717) is 6.04 Å². The Bertz CT molecular complexity index is 571. The molecule has 20 heavy (non-hydrogen) atoms. The number of aromatic nitrogens is 1. The van der Waals surface area contributed by atoms with Crippen LogP contribution in [0, 0.1) is 0 Å². The van der Waals surface area contributed by atoms with Crippen molar-refractivity contribution in [2.45, 2.75) is 51.0 Å². The molecule has 3 N–H and O–H groups in total. The predicted molar refractivity (Wildman–Crippen MR) is 85.9 cm³/mol. The molecule has 1 saturated carbocycles. The van der Waals surface area contributed by atoms with Gasteiger partial charge in [-0.2, -0.15) is 0 Å². The fourth-order valence-electron chi connectivity index (χ4n) is 3.12.